The van der Waals surface area contributed by atoms with Gasteiger partial charge in [0, 0.05) is 43.4 Å². The average molecular weight is 460 g/mol. The van der Waals surface area contributed by atoms with Crippen molar-refractivity contribution in [2.45, 2.75) is 26.7 Å². The fourth-order valence-corrected chi connectivity index (χ4v) is 3.10. The lowest BCUT2D eigenvalue weighted by atomic mass is 10.4. The van der Waals surface area contributed by atoms with Crippen molar-refractivity contribution < 1.29 is 8.42 Å². The summed E-state index contributed by atoms with van der Waals surface area (Å²) in [6.45, 7) is 6.07. The number of aliphatic imine (C=N–C) groups is 1. The van der Waals surface area contributed by atoms with Crippen molar-refractivity contribution >= 4 is 51.1 Å². The normalized spacial score (nSPS) is 11.9. The summed E-state index contributed by atoms with van der Waals surface area (Å²) in [6.07, 6.45) is 4.52. The van der Waals surface area contributed by atoms with Crippen LogP contribution in [0.15, 0.2) is 11.2 Å². The van der Waals surface area contributed by atoms with E-state index in [0.29, 0.717) is 13.0 Å². The van der Waals surface area contributed by atoms with Gasteiger partial charge in [0.15, 0.2) is 5.96 Å². The van der Waals surface area contributed by atoms with Gasteiger partial charge in [-0.2, -0.15) is 0 Å². The van der Waals surface area contributed by atoms with Crippen LogP contribution >= 0.6 is 35.3 Å². The Labute approximate surface area is 154 Å². The van der Waals surface area contributed by atoms with E-state index in [2.05, 4.69) is 20.6 Å². The molecule has 1 heterocycles. The van der Waals surface area contributed by atoms with E-state index in [0.717, 1.165) is 30.5 Å². The van der Waals surface area contributed by atoms with Gasteiger partial charge in [0.2, 0.25) is 0 Å². The second-order valence-corrected chi connectivity index (χ2v) is 8.36. The van der Waals surface area contributed by atoms with Crippen molar-refractivity contribution in [2.75, 3.05) is 31.6 Å². The number of aromatic nitrogens is 1. The third kappa shape index (κ3) is 10.3. The summed E-state index contributed by atoms with van der Waals surface area (Å²) in [6, 6.07) is 0. The monoisotopic (exact) mass is 460 g/mol. The van der Waals surface area contributed by atoms with E-state index in [1.54, 1.807) is 11.3 Å². The summed E-state index contributed by atoms with van der Waals surface area (Å²) in [5.74, 6) is 0.896. The zero-order chi connectivity index (χ0) is 15.7. The van der Waals surface area contributed by atoms with Crippen LogP contribution in [0.2, 0.25) is 0 Å². The van der Waals surface area contributed by atoms with Crippen LogP contribution in [0.1, 0.15) is 23.2 Å². The minimum atomic E-state index is -2.90. The number of thiazole rings is 1. The predicted molar refractivity (Wildman–Crippen MR) is 104 cm³/mol. The standard InChI is InChI=1S/C13H24N4O2S2.HI/c1-4-14-13(15-7-5-9-21(3,18)19)16-8-6-12-17-10-11(2)20-12;/h10H,4-9H2,1-3H3,(H2,14,15,16);1H. The van der Waals surface area contributed by atoms with Gasteiger partial charge in [-0.15, -0.1) is 35.3 Å². The lowest BCUT2D eigenvalue weighted by Gasteiger charge is -2.10. The molecular formula is C13H25IN4O2S2. The lowest BCUT2D eigenvalue weighted by Crippen LogP contribution is -2.38. The molecule has 0 bridgehead atoms. The van der Waals surface area contributed by atoms with Gasteiger partial charge in [0.05, 0.1) is 10.8 Å². The molecule has 0 aromatic carbocycles. The number of sulfone groups is 1. The molecular weight excluding hydrogens is 435 g/mol. The number of nitrogens with one attached hydrogen (secondary N) is 2. The Balaban J connectivity index is 0.00000441. The molecule has 0 spiro atoms. The number of nitrogens with zero attached hydrogens (tertiary/aromatic N) is 2. The summed E-state index contributed by atoms with van der Waals surface area (Å²) in [7, 11) is -2.90. The molecule has 9 heteroatoms. The van der Waals surface area contributed by atoms with E-state index in [1.807, 2.05) is 20.0 Å². The molecule has 128 valence electrons. The van der Waals surface area contributed by atoms with Crippen molar-refractivity contribution in [2.24, 2.45) is 4.99 Å². The number of hydrogen-bond acceptors (Lipinski definition) is 5. The van der Waals surface area contributed by atoms with E-state index in [1.165, 1.54) is 11.1 Å². The summed E-state index contributed by atoms with van der Waals surface area (Å²) < 4.78 is 22.1. The van der Waals surface area contributed by atoms with Gasteiger partial charge < -0.3 is 10.6 Å². The molecule has 0 fully saturated rings. The Morgan fingerprint density at radius 3 is 2.68 bits per heavy atom. The molecule has 0 aliphatic rings. The third-order valence-electron chi connectivity index (χ3n) is 2.59. The van der Waals surface area contributed by atoms with Crippen LogP contribution in [-0.4, -0.2) is 51.0 Å². The highest BCUT2D eigenvalue weighted by Gasteiger charge is 2.02. The molecule has 0 aliphatic carbocycles. The summed E-state index contributed by atoms with van der Waals surface area (Å²) in [5.41, 5.74) is 0. The first-order chi connectivity index (χ1) is 9.90. The van der Waals surface area contributed by atoms with Crippen LogP contribution in [0, 0.1) is 6.92 Å². The number of aryl methyl sites for hydroxylation is 1. The van der Waals surface area contributed by atoms with Gasteiger partial charge in [-0.3, -0.25) is 4.99 Å². The first kappa shape index (κ1) is 21.6. The van der Waals surface area contributed by atoms with Crippen molar-refractivity contribution in [3.05, 3.63) is 16.1 Å². The van der Waals surface area contributed by atoms with Crippen molar-refractivity contribution in [3.63, 3.8) is 0 Å². The number of halogens is 1. The zero-order valence-corrected chi connectivity index (χ0v) is 17.2. The lowest BCUT2D eigenvalue weighted by molar-refractivity contribution is 0.599. The molecule has 0 amide bonds. The molecule has 0 radical (unpaired) electrons. The molecule has 1 aromatic heterocycles. The molecule has 0 aliphatic heterocycles. The first-order valence-electron chi connectivity index (χ1n) is 7.02. The largest absolute Gasteiger partial charge is 0.357 e. The van der Waals surface area contributed by atoms with Gasteiger partial charge in [-0.05, 0) is 20.3 Å². The maximum absolute atomic E-state index is 11.0. The highest BCUT2D eigenvalue weighted by molar-refractivity contribution is 14.0. The van der Waals surface area contributed by atoms with Gasteiger partial charge in [0.1, 0.15) is 9.84 Å². The Hall–Kier alpha value is -0.420. The van der Waals surface area contributed by atoms with Gasteiger partial charge in [0.25, 0.3) is 0 Å². The molecule has 1 rings (SSSR count). The van der Waals surface area contributed by atoms with Crippen LogP contribution in [0.4, 0.5) is 0 Å². The Morgan fingerprint density at radius 1 is 1.41 bits per heavy atom. The molecule has 0 unspecified atom stereocenters. The fraction of sp³-hybridized carbons (Fsp3) is 0.692. The summed E-state index contributed by atoms with van der Waals surface area (Å²) in [4.78, 5) is 9.89. The quantitative estimate of drug-likeness (QED) is 0.267. The van der Waals surface area contributed by atoms with Crippen molar-refractivity contribution in [1.82, 2.24) is 15.6 Å². The third-order valence-corrected chi connectivity index (χ3v) is 4.59. The molecule has 22 heavy (non-hydrogen) atoms. The smallest absolute Gasteiger partial charge is 0.191 e. The maximum atomic E-state index is 11.0. The average Bonchev–Trinajstić information content (AvgIpc) is 2.79. The second-order valence-electron chi connectivity index (χ2n) is 4.79. The van der Waals surface area contributed by atoms with Crippen LogP contribution < -0.4 is 10.6 Å². The van der Waals surface area contributed by atoms with E-state index < -0.39 is 9.84 Å². The van der Waals surface area contributed by atoms with Crippen LogP contribution in [0.5, 0.6) is 0 Å². The topological polar surface area (TPSA) is 83.5 Å². The fourth-order valence-electron chi connectivity index (χ4n) is 1.66. The molecule has 0 saturated heterocycles. The SMILES string of the molecule is CCNC(=NCCCS(C)(=O)=O)NCCc1ncc(C)s1.I. The van der Waals surface area contributed by atoms with E-state index in [4.69, 9.17) is 0 Å². The first-order valence-corrected chi connectivity index (χ1v) is 9.89. The van der Waals surface area contributed by atoms with E-state index in [9.17, 15) is 8.42 Å². The number of guanidine groups is 1. The Bertz CT molecular complexity index is 558. The molecule has 6 nitrogen and oxygen atoms in total. The van der Waals surface area contributed by atoms with Crippen molar-refractivity contribution in [1.29, 1.82) is 0 Å². The molecule has 2 N–H and O–H groups in total. The highest BCUT2D eigenvalue weighted by atomic mass is 127. The Kier molecular flexibility index (Phi) is 11.0. The van der Waals surface area contributed by atoms with Crippen LogP contribution in [-0.2, 0) is 16.3 Å². The van der Waals surface area contributed by atoms with Crippen LogP contribution in [0.25, 0.3) is 0 Å². The summed E-state index contributed by atoms with van der Waals surface area (Å²) >= 11 is 1.70. The maximum Gasteiger partial charge on any atom is 0.191 e. The highest BCUT2D eigenvalue weighted by Crippen LogP contribution is 2.10. The second kappa shape index (κ2) is 11.2. The molecule has 0 atom stereocenters. The van der Waals surface area contributed by atoms with E-state index >= 15 is 0 Å². The Morgan fingerprint density at radius 2 is 2.14 bits per heavy atom. The number of hydrogen-bond donors (Lipinski definition) is 2. The number of rotatable bonds is 8. The minimum Gasteiger partial charge on any atom is -0.357 e. The van der Waals surface area contributed by atoms with Crippen molar-refractivity contribution in [3.8, 4) is 0 Å². The minimum absolute atomic E-state index is 0. The van der Waals surface area contributed by atoms with Gasteiger partial charge >= 0.3 is 0 Å². The van der Waals surface area contributed by atoms with Gasteiger partial charge in [-0.1, -0.05) is 0 Å². The summed E-state index contributed by atoms with van der Waals surface area (Å²) in [5, 5.41) is 7.48. The molecule has 0 saturated carbocycles. The van der Waals surface area contributed by atoms with Gasteiger partial charge in [-0.25, -0.2) is 13.4 Å². The predicted octanol–water partition coefficient (Wildman–Crippen LogP) is 1.60. The zero-order valence-electron chi connectivity index (χ0n) is 13.3. The van der Waals surface area contributed by atoms with E-state index in [-0.39, 0.29) is 29.7 Å². The molecule has 1 aromatic rings. The van der Waals surface area contributed by atoms with Crippen LogP contribution in [0.3, 0.4) is 0 Å².